The molecule has 1 fully saturated rings. The van der Waals surface area contributed by atoms with Crippen molar-refractivity contribution in [1.29, 1.82) is 0 Å². The molecule has 0 radical (unpaired) electrons. The molecule has 4 nitrogen and oxygen atoms in total. The minimum atomic E-state index is -0.611. The van der Waals surface area contributed by atoms with E-state index in [4.69, 9.17) is 4.42 Å². The summed E-state index contributed by atoms with van der Waals surface area (Å²) in [5.74, 6) is 0.671. The van der Waals surface area contributed by atoms with E-state index in [1.54, 1.807) is 25.3 Å². The Labute approximate surface area is 94.9 Å². The second kappa shape index (κ2) is 4.70. The van der Waals surface area contributed by atoms with Crippen LogP contribution in [0.15, 0.2) is 22.8 Å². The Balaban J connectivity index is 1.96. The number of aliphatic hydroxyl groups is 1. The number of hydrogen-bond donors (Lipinski definition) is 1. The highest BCUT2D eigenvalue weighted by Gasteiger charge is 2.29. The van der Waals surface area contributed by atoms with Gasteiger partial charge in [-0.25, -0.2) is 0 Å². The van der Waals surface area contributed by atoms with Crippen LogP contribution in [0.5, 0.6) is 0 Å². The molecule has 1 amide bonds. The van der Waals surface area contributed by atoms with Crippen molar-refractivity contribution >= 4 is 5.91 Å². The second-order valence-electron chi connectivity index (χ2n) is 4.28. The third kappa shape index (κ3) is 2.27. The Morgan fingerprint density at radius 2 is 2.56 bits per heavy atom. The highest BCUT2D eigenvalue weighted by atomic mass is 16.4. The first-order valence-corrected chi connectivity index (χ1v) is 5.67. The van der Waals surface area contributed by atoms with Crippen molar-refractivity contribution in [3.63, 3.8) is 0 Å². The van der Waals surface area contributed by atoms with E-state index in [1.807, 2.05) is 4.90 Å². The summed E-state index contributed by atoms with van der Waals surface area (Å²) in [6.07, 6.45) is 3.50. The van der Waals surface area contributed by atoms with Crippen molar-refractivity contribution in [3.8, 4) is 0 Å². The fourth-order valence-electron chi connectivity index (χ4n) is 2.35. The van der Waals surface area contributed by atoms with Gasteiger partial charge in [-0.2, -0.15) is 0 Å². The standard InChI is InChI=1S/C12H17NO3/c1-9(14)13-6-2-4-10(13)8-11(15)12-5-3-7-16-12/h3,5,7,10-11,15H,2,4,6,8H2,1H3. The molecule has 88 valence electrons. The highest BCUT2D eigenvalue weighted by molar-refractivity contribution is 5.73. The van der Waals surface area contributed by atoms with E-state index < -0.39 is 6.10 Å². The number of hydrogen-bond acceptors (Lipinski definition) is 3. The average Bonchev–Trinajstić information content (AvgIpc) is 2.86. The van der Waals surface area contributed by atoms with Gasteiger partial charge >= 0.3 is 0 Å². The van der Waals surface area contributed by atoms with E-state index >= 15 is 0 Å². The molecule has 2 heterocycles. The maximum Gasteiger partial charge on any atom is 0.219 e. The molecule has 1 saturated heterocycles. The fourth-order valence-corrected chi connectivity index (χ4v) is 2.35. The molecule has 0 aromatic carbocycles. The monoisotopic (exact) mass is 223 g/mol. The van der Waals surface area contributed by atoms with Crippen LogP contribution < -0.4 is 0 Å². The highest BCUT2D eigenvalue weighted by Crippen LogP contribution is 2.27. The van der Waals surface area contributed by atoms with Crippen LogP contribution in [0.25, 0.3) is 0 Å². The molecule has 1 aromatic heterocycles. The van der Waals surface area contributed by atoms with Gasteiger partial charge in [-0.3, -0.25) is 4.79 Å². The van der Waals surface area contributed by atoms with Crippen LogP contribution in [-0.4, -0.2) is 28.5 Å². The molecule has 0 spiro atoms. The maximum absolute atomic E-state index is 11.3. The third-order valence-corrected chi connectivity index (χ3v) is 3.15. The Morgan fingerprint density at radius 3 is 3.19 bits per heavy atom. The Morgan fingerprint density at radius 1 is 1.75 bits per heavy atom. The van der Waals surface area contributed by atoms with Crippen LogP contribution in [0.4, 0.5) is 0 Å². The zero-order valence-electron chi connectivity index (χ0n) is 9.43. The molecular formula is C12H17NO3. The Hall–Kier alpha value is -1.29. The first-order chi connectivity index (χ1) is 7.68. The average molecular weight is 223 g/mol. The van der Waals surface area contributed by atoms with Crippen molar-refractivity contribution in [3.05, 3.63) is 24.2 Å². The normalized spacial score (nSPS) is 22.4. The van der Waals surface area contributed by atoms with Gasteiger partial charge < -0.3 is 14.4 Å². The van der Waals surface area contributed by atoms with Gasteiger partial charge in [0.05, 0.1) is 6.26 Å². The number of rotatable bonds is 3. The zero-order valence-corrected chi connectivity index (χ0v) is 9.43. The summed E-state index contributed by atoms with van der Waals surface area (Å²) in [5.41, 5.74) is 0. The number of carbonyl (C=O) groups excluding carboxylic acids is 1. The van der Waals surface area contributed by atoms with E-state index in [9.17, 15) is 9.90 Å². The van der Waals surface area contributed by atoms with Crippen molar-refractivity contribution in [1.82, 2.24) is 4.90 Å². The molecule has 2 rings (SSSR count). The Kier molecular flexibility index (Phi) is 3.29. The molecular weight excluding hydrogens is 206 g/mol. The van der Waals surface area contributed by atoms with E-state index in [0.717, 1.165) is 19.4 Å². The van der Waals surface area contributed by atoms with E-state index in [-0.39, 0.29) is 11.9 Å². The van der Waals surface area contributed by atoms with Gasteiger partial charge in [-0.05, 0) is 25.0 Å². The van der Waals surface area contributed by atoms with E-state index in [2.05, 4.69) is 0 Å². The van der Waals surface area contributed by atoms with Crippen molar-refractivity contribution in [2.45, 2.75) is 38.3 Å². The Bertz CT molecular complexity index is 347. The number of furan rings is 1. The zero-order chi connectivity index (χ0) is 11.5. The summed E-state index contributed by atoms with van der Waals surface area (Å²) in [7, 11) is 0. The molecule has 0 saturated carbocycles. The summed E-state index contributed by atoms with van der Waals surface area (Å²) < 4.78 is 5.15. The lowest BCUT2D eigenvalue weighted by Gasteiger charge is -2.24. The molecule has 1 aromatic rings. The summed E-state index contributed by atoms with van der Waals surface area (Å²) in [4.78, 5) is 13.2. The lowest BCUT2D eigenvalue weighted by atomic mass is 10.1. The largest absolute Gasteiger partial charge is 0.467 e. The van der Waals surface area contributed by atoms with Crippen molar-refractivity contribution in [2.75, 3.05) is 6.54 Å². The van der Waals surface area contributed by atoms with Crippen LogP contribution in [0, 0.1) is 0 Å². The number of amides is 1. The molecule has 16 heavy (non-hydrogen) atoms. The van der Waals surface area contributed by atoms with Gasteiger partial charge in [0, 0.05) is 25.9 Å². The third-order valence-electron chi connectivity index (χ3n) is 3.15. The minimum Gasteiger partial charge on any atom is -0.467 e. The first-order valence-electron chi connectivity index (χ1n) is 5.67. The van der Waals surface area contributed by atoms with Crippen LogP contribution in [-0.2, 0) is 4.79 Å². The smallest absolute Gasteiger partial charge is 0.219 e. The van der Waals surface area contributed by atoms with Gasteiger partial charge in [0.1, 0.15) is 11.9 Å². The van der Waals surface area contributed by atoms with E-state index in [1.165, 1.54) is 0 Å². The van der Waals surface area contributed by atoms with Gasteiger partial charge in [0.15, 0.2) is 0 Å². The van der Waals surface area contributed by atoms with Gasteiger partial charge in [-0.15, -0.1) is 0 Å². The molecule has 1 aliphatic heterocycles. The van der Waals surface area contributed by atoms with Crippen molar-refractivity contribution in [2.24, 2.45) is 0 Å². The number of likely N-dealkylation sites (tertiary alicyclic amines) is 1. The van der Waals surface area contributed by atoms with Crippen LogP contribution in [0.1, 0.15) is 38.1 Å². The van der Waals surface area contributed by atoms with Crippen LogP contribution in [0.2, 0.25) is 0 Å². The predicted molar refractivity (Wildman–Crippen MR) is 58.7 cm³/mol. The molecule has 1 aliphatic rings. The summed E-state index contributed by atoms with van der Waals surface area (Å²) in [6, 6.07) is 3.67. The molecule has 2 atom stereocenters. The van der Waals surface area contributed by atoms with Crippen LogP contribution >= 0.6 is 0 Å². The van der Waals surface area contributed by atoms with Gasteiger partial charge in [-0.1, -0.05) is 0 Å². The molecule has 1 N–H and O–H groups in total. The number of carbonyl (C=O) groups is 1. The maximum atomic E-state index is 11.3. The minimum absolute atomic E-state index is 0.0918. The number of nitrogens with zero attached hydrogens (tertiary/aromatic N) is 1. The molecule has 4 heteroatoms. The summed E-state index contributed by atoms with van der Waals surface area (Å²) >= 11 is 0. The second-order valence-corrected chi connectivity index (χ2v) is 4.28. The summed E-state index contributed by atoms with van der Waals surface area (Å²) in [5, 5.41) is 9.94. The molecule has 2 unspecified atom stereocenters. The van der Waals surface area contributed by atoms with Crippen LogP contribution in [0.3, 0.4) is 0 Å². The molecule has 0 bridgehead atoms. The quantitative estimate of drug-likeness (QED) is 0.848. The lowest BCUT2D eigenvalue weighted by Crippen LogP contribution is -2.34. The molecule has 0 aliphatic carbocycles. The topological polar surface area (TPSA) is 53.7 Å². The van der Waals surface area contributed by atoms with Gasteiger partial charge in [0.2, 0.25) is 5.91 Å². The van der Waals surface area contributed by atoms with Crippen molar-refractivity contribution < 1.29 is 14.3 Å². The lowest BCUT2D eigenvalue weighted by molar-refractivity contribution is -0.130. The van der Waals surface area contributed by atoms with Gasteiger partial charge in [0.25, 0.3) is 0 Å². The predicted octanol–water partition coefficient (Wildman–Crippen LogP) is 1.71. The van der Waals surface area contributed by atoms with E-state index in [0.29, 0.717) is 12.2 Å². The summed E-state index contributed by atoms with van der Waals surface area (Å²) in [6.45, 7) is 2.39. The number of aliphatic hydroxyl groups excluding tert-OH is 1. The SMILES string of the molecule is CC(=O)N1CCCC1CC(O)c1ccco1. The first kappa shape index (κ1) is 11.2. The fraction of sp³-hybridized carbons (Fsp3) is 0.583.